The minimum Gasteiger partial charge on any atom is -0.477 e. The molecule has 6 nitrogen and oxygen atoms in total. The summed E-state index contributed by atoms with van der Waals surface area (Å²) in [6.45, 7) is 0. The van der Waals surface area contributed by atoms with Crippen molar-refractivity contribution >= 4 is 17.7 Å². The maximum atomic E-state index is 11.5. The number of anilines is 1. The number of nitrogens with one attached hydrogen (secondary N) is 2. The number of nitrogens with zero attached hydrogens (tertiary/aromatic N) is 1. The van der Waals surface area contributed by atoms with Crippen LogP contribution < -0.4 is 5.32 Å². The third-order valence-electron chi connectivity index (χ3n) is 3.08. The number of carbonyl (C=O) groups excluding carboxylic acids is 1. The molecule has 1 amide bonds. The molecule has 3 N–H and O–H groups in total. The minimum absolute atomic E-state index is 0.0284. The molecule has 0 unspecified atom stereocenters. The molecule has 2 rings (SSSR count). The SMILES string of the molecule is O=C(CCC1CCC1)Nc1cc(C(=O)O)[nH]n1. The first kappa shape index (κ1) is 11.6. The smallest absolute Gasteiger partial charge is 0.353 e. The number of hydrogen-bond acceptors (Lipinski definition) is 3. The molecule has 1 aliphatic rings. The summed E-state index contributed by atoms with van der Waals surface area (Å²) < 4.78 is 0. The van der Waals surface area contributed by atoms with E-state index in [4.69, 9.17) is 5.11 Å². The maximum Gasteiger partial charge on any atom is 0.353 e. The molecule has 0 atom stereocenters. The molecule has 0 spiro atoms. The second kappa shape index (κ2) is 4.99. The molecule has 1 aromatic heterocycles. The number of rotatable bonds is 5. The Labute approximate surface area is 98.4 Å². The Balaban J connectivity index is 1.78. The van der Waals surface area contributed by atoms with Gasteiger partial charge in [0.2, 0.25) is 5.91 Å². The van der Waals surface area contributed by atoms with E-state index in [9.17, 15) is 9.59 Å². The predicted molar refractivity (Wildman–Crippen MR) is 60.8 cm³/mol. The third kappa shape index (κ3) is 3.05. The van der Waals surface area contributed by atoms with Crippen molar-refractivity contribution in [3.8, 4) is 0 Å². The number of aromatic nitrogens is 2. The standard InChI is InChI=1S/C11H15N3O3/c15-10(5-4-7-2-1-3-7)12-9-6-8(11(16)17)13-14-9/h6-7H,1-5H2,(H,16,17)(H2,12,13,14,15). The van der Waals surface area contributed by atoms with Crippen molar-refractivity contribution in [2.24, 2.45) is 5.92 Å². The lowest BCUT2D eigenvalue weighted by Crippen LogP contribution is -2.17. The summed E-state index contributed by atoms with van der Waals surface area (Å²) in [5.41, 5.74) is -0.0284. The number of aromatic amines is 1. The molecule has 0 radical (unpaired) electrons. The van der Waals surface area contributed by atoms with Crippen LogP contribution >= 0.6 is 0 Å². The van der Waals surface area contributed by atoms with Crippen LogP contribution in [0.3, 0.4) is 0 Å². The molecule has 1 aliphatic carbocycles. The monoisotopic (exact) mass is 237 g/mol. The Morgan fingerprint density at radius 1 is 1.53 bits per heavy atom. The molecule has 0 bridgehead atoms. The van der Waals surface area contributed by atoms with Gasteiger partial charge in [-0.25, -0.2) is 4.79 Å². The van der Waals surface area contributed by atoms with Gasteiger partial charge in [0.05, 0.1) is 0 Å². The molecule has 0 aliphatic heterocycles. The van der Waals surface area contributed by atoms with Crippen LogP contribution in [0.1, 0.15) is 42.6 Å². The molecule has 1 saturated carbocycles. The van der Waals surface area contributed by atoms with E-state index >= 15 is 0 Å². The summed E-state index contributed by atoms with van der Waals surface area (Å²) in [4.78, 5) is 22.1. The van der Waals surface area contributed by atoms with Crippen LogP contribution in [0.25, 0.3) is 0 Å². The van der Waals surface area contributed by atoms with Crippen LogP contribution in [0.15, 0.2) is 6.07 Å². The van der Waals surface area contributed by atoms with Gasteiger partial charge in [-0.05, 0) is 12.3 Å². The first-order chi connectivity index (χ1) is 8.15. The van der Waals surface area contributed by atoms with E-state index in [-0.39, 0.29) is 17.4 Å². The normalized spacial score (nSPS) is 15.3. The van der Waals surface area contributed by atoms with Crippen molar-refractivity contribution < 1.29 is 14.7 Å². The highest BCUT2D eigenvalue weighted by Crippen LogP contribution is 2.30. The summed E-state index contributed by atoms with van der Waals surface area (Å²) in [7, 11) is 0. The average molecular weight is 237 g/mol. The molecule has 92 valence electrons. The largest absolute Gasteiger partial charge is 0.477 e. The van der Waals surface area contributed by atoms with Crippen molar-refractivity contribution in [2.45, 2.75) is 32.1 Å². The van der Waals surface area contributed by atoms with Gasteiger partial charge in [-0.1, -0.05) is 19.3 Å². The Bertz CT molecular complexity index is 423. The van der Waals surface area contributed by atoms with Crippen molar-refractivity contribution in [2.75, 3.05) is 5.32 Å². The van der Waals surface area contributed by atoms with Gasteiger partial charge in [0.25, 0.3) is 0 Å². The predicted octanol–water partition coefficient (Wildman–Crippen LogP) is 1.63. The lowest BCUT2D eigenvalue weighted by Gasteiger charge is -2.24. The summed E-state index contributed by atoms with van der Waals surface area (Å²) in [6, 6.07) is 1.31. The highest BCUT2D eigenvalue weighted by Gasteiger charge is 2.18. The number of amides is 1. The zero-order valence-electron chi connectivity index (χ0n) is 9.40. The lowest BCUT2D eigenvalue weighted by molar-refractivity contribution is -0.116. The fourth-order valence-corrected chi connectivity index (χ4v) is 1.82. The molecule has 1 heterocycles. The molecule has 0 aromatic carbocycles. The Kier molecular flexibility index (Phi) is 3.41. The summed E-state index contributed by atoms with van der Waals surface area (Å²) in [6.07, 6.45) is 5.09. The second-order valence-corrected chi connectivity index (χ2v) is 4.36. The highest BCUT2D eigenvalue weighted by molar-refractivity contribution is 5.92. The maximum absolute atomic E-state index is 11.5. The molecule has 1 fully saturated rings. The number of aromatic carboxylic acids is 1. The first-order valence-electron chi connectivity index (χ1n) is 5.73. The van der Waals surface area contributed by atoms with Crippen molar-refractivity contribution in [3.63, 3.8) is 0 Å². The van der Waals surface area contributed by atoms with E-state index in [1.54, 1.807) is 0 Å². The van der Waals surface area contributed by atoms with Crippen LogP contribution in [-0.2, 0) is 4.79 Å². The topological polar surface area (TPSA) is 95.1 Å². The Morgan fingerprint density at radius 3 is 2.82 bits per heavy atom. The summed E-state index contributed by atoms with van der Waals surface area (Å²) >= 11 is 0. The van der Waals surface area contributed by atoms with E-state index in [2.05, 4.69) is 15.5 Å². The number of carboxylic acids is 1. The molecule has 1 aromatic rings. The fraction of sp³-hybridized carbons (Fsp3) is 0.545. The van der Waals surface area contributed by atoms with E-state index < -0.39 is 5.97 Å². The lowest BCUT2D eigenvalue weighted by atomic mass is 9.82. The number of hydrogen-bond donors (Lipinski definition) is 3. The van der Waals surface area contributed by atoms with Gasteiger partial charge in [0.15, 0.2) is 5.82 Å². The van der Waals surface area contributed by atoms with Crippen molar-refractivity contribution in [1.82, 2.24) is 10.2 Å². The van der Waals surface area contributed by atoms with E-state index in [1.165, 1.54) is 25.3 Å². The number of H-pyrrole nitrogens is 1. The molecule has 17 heavy (non-hydrogen) atoms. The average Bonchev–Trinajstić information content (AvgIpc) is 2.63. The zero-order chi connectivity index (χ0) is 12.3. The van der Waals surface area contributed by atoms with Crippen LogP contribution in [0, 0.1) is 5.92 Å². The first-order valence-corrected chi connectivity index (χ1v) is 5.73. The fourth-order valence-electron chi connectivity index (χ4n) is 1.82. The van der Waals surface area contributed by atoms with Crippen LogP contribution in [0.4, 0.5) is 5.82 Å². The molecular formula is C11H15N3O3. The minimum atomic E-state index is -1.09. The summed E-state index contributed by atoms with van der Waals surface area (Å²) in [5.74, 6) is -0.247. The Morgan fingerprint density at radius 2 is 2.29 bits per heavy atom. The zero-order valence-corrected chi connectivity index (χ0v) is 9.40. The summed E-state index contributed by atoms with van der Waals surface area (Å²) in [5, 5.41) is 17.3. The number of carboxylic acid groups (broad SMARTS) is 1. The van der Waals surface area contributed by atoms with Gasteiger partial charge >= 0.3 is 5.97 Å². The van der Waals surface area contributed by atoms with E-state index in [0.29, 0.717) is 12.3 Å². The van der Waals surface area contributed by atoms with Gasteiger partial charge in [0.1, 0.15) is 5.69 Å². The van der Waals surface area contributed by atoms with Crippen molar-refractivity contribution in [3.05, 3.63) is 11.8 Å². The third-order valence-corrected chi connectivity index (χ3v) is 3.08. The number of carbonyl (C=O) groups is 2. The quantitative estimate of drug-likeness (QED) is 0.725. The van der Waals surface area contributed by atoms with Gasteiger partial charge in [-0.15, -0.1) is 0 Å². The van der Waals surface area contributed by atoms with Gasteiger partial charge in [0, 0.05) is 12.5 Å². The van der Waals surface area contributed by atoms with Crippen molar-refractivity contribution in [1.29, 1.82) is 0 Å². The van der Waals surface area contributed by atoms with Gasteiger partial charge in [-0.3, -0.25) is 9.89 Å². The highest BCUT2D eigenvalue weighted by atomic mass is 16.4. The van der Waals surface area contributed by atoms with Gasteiger partial charge < -0.3 is 10.4 Å². The molecule has 0 saturated heterocycles. The van der Waals surface area contributed by atoms with Crippen LogP contribution in [0.2, 0.25) is 0 Å². The van der Waals surface area contributed by atoms with Crippen LogP contribution in [-0.4, -0.2) is 27.2 Å². The molecular weight excluding hydrogens is 222 g/mol. The van der Waals surface area contributed by atoms with E-state index in [1.807, 2.05) is 0 Å². The molecule has 6 heteroatoms. The van der Waals surface area contributed by atoms with Crippen LogP contribution in [0.5, 0.6) is 0 Å². The second-order valence-electron chi connectivity index (χ2n) is 4.36. The Hall–Kier alpha value is -1.85. The van der Waals surface area contributed by atoms with Gasteiger partial charge in [-0.2, -0.15) is 5.10 Å². The van der Waals surface area contributed by atoms with E-state index in [0.717, 1.165) is 6.42 Å².